The molecule has 0 fully saturated rings. The lowest BCUT2D eigenvalue weighted by Gasteiger charge is -2.00. The molecule has 0 radical (unpaired) electrons. The fourth-order valence-electron chi connectivity index (χ4n) is 1.81. The van der Waals surface area contributed by atoms with Crippen molar-refractivity contribution in [3.8, 4) is 23.0 Å². The molecular formula is C13H10FN3O2. The zero-order valence-electron chi connectivity index (χ0n) is 10.0. The smallest absolute Gasteiger partial charge is 0.215 e. The third-order valence-electron chi connectivity index (χ3n) is 2.74. The lowest BCUT2D eigenvalue weighted by atomic mass is 10.2. The van der Waals surface area contributed by atoms with Gasteiger partial charge in [0.05, 0.1) is 18.2 Å². The van der Waals surface area contributed by atoms with Crippen LogP contribution in [-0.2, 0) is 0 Å². The van der Waals surface area contributed by atoms with E-state index in [9.17, 15) is 9.50 Å². The summed E-state index contributed by atoms with van der Waals surface area (Å²) >= 11 is 0. The summed E-state index contributed by atoms with van der Waals surface area (Å²) in [5, 5.41) is 9.74. The zero-order chi connectivity index (χ0) is 13.4. The van der Waals surface area contributed by atoms with E-state index < -0.39 is 5.82 Å². The van der Waals surface area contributed by atoms with Crippen LogP contribution in [0.5, 0.6) is 11.6 Å². The first-order chi connectivity index (χ1) is 9.17. The molecule has 0 amide bonds. The molecule has 0 unspecified atom stereocenters. The molecule has 19 heavy (non-hydrogen) atoms. The van der Waals surface area contributed by atoms with E-state index in [-0.39, 0.29) is 11.3 Å². The summed E-state index contributed by atoms with van der Waals surface area (Å²) in [5.41, 5.74) is 1.41. The van der Waals surface area contributed by atoms with Crippen molar-refractivity contribution in [3.05, 3.63) is 36.1 Å². The van der Waals surface area contributed by atoms with E-state index in [4.69, 9.17) is 4.74 Å². The Morgan fingerprint density at radius 2 is 2.05 bits per heavy atom. The molecule has 0 aliphatic rings. The van der Waals surface area contributed by atoms with Crippen LogP contribution in [-0.4, -0.2) is 27.2 Å². The molecule has 3 rings (SSSR count). The van der Waals surface area contributed by atoms with Crippen molar-refractivity contribution in [1.29, 1.82) is 0 Å². The third-order valence-corrected chi connectivity index (χ3v) is 2.74. The van der Waals surface area contributed by atoms with E-state index in [2.05, 4.69) is 15.0 Å². The number of nitrogens with zero attached hydrogens (tertiary/aromatic N) is 2. The van der Waals surface area contributed by atoms with Gasteiger partial charge in [-0.2, -0.15) is 4.98 Å². The SMILES string of the molecule is COc1ccc2[nH]c(-c3cc(F)ccc3O)nc2n1. The fourth-order valence-corrected chi connectivity index (χ4v) is 1.81. The molecule has 2 N–H and O–H groups in total. The first-order valence-corrected chi connectivity index (χ1v) is 5.57. The summed E-state index contributed by atoms with van der Waals surface area (Å²) in [7, 11) is 1.51. The molecule has 0 atom stereocenters. The molecule has 0 bridgehead atoms. The summed E-state index contributed by atoms with van der Waals surface area (Å²) < 4.78 is 18.2. The lowest BCUT2D eigenvalue weighted by molar-refractivity contribution is 0.399. The number of benzene rings is 1. The van der Waals surface area contributed by atoms with Crippen LogP contribution in [0.25, 0.3) is 22.6 Å². The number of hydrogen-bond acceptors (Lipinski definition) is 4. The Kier molecular flexibility index (Phi) is 2.56. The second-order valence-electron chi connectivity index (χ2n) is 3.97. The summed E-state index contributed by atoms with van der Waals surface area (Å²) in [4.78, 5) is 11.3. The Balaban J connectivity index is 2.17. The molecule has 96 valence electrons. The third kappa shape index (κ3) is 1.97. The number of ether oxygens (including phenoxy) is 1. The number of H-pyrrole nitrogens is 1. The fraction of sp³-hybridized carbons (Fsp3) is 0.0769. The number of halogens is 1. The van der Waals surface area contributed by atoms with E-state index in [0.29, 0.717) is 22.9 Å². The molecule has 6 heteroatoms. The number of methoxy groups -OCH3 is 1. The normalized spacial score (nSPS) is 10.8. The van der Waals surface area contributed by atoms with E-state index in [0.717, 1.165) is 0 Å². The molecule has 0 saturated carbocycles. The predicted octanol–water partition coefficient (Wildman–Crippen LogP) is 2.48. The van der Waals surface area contributed by atoms with Gasteiger partial charge in [0.25, 0.3) is 0 Å². The minimum Gasteiger partial charge on any atom is -0.507 e. The molecule has 2 heterocycles. The average molecular weight is 259 g/mol. The van der Waals surface area contributed by atoms with Crippen molar-refractivity contribution in [1.82, 2.24) is 15.0 Å². The lowest BCUT2D eigenvalue weighted by Crippen LogP contribution is -1.86. The van der Waals surface area contributed by atoms with Gasteiger partial charge in [-0.1, -0.05) is 0 Å². The Hall–Kier alpha value is -2.63. The van der Waals surface area contributed by atoms with E-state index in [1.165, 1.54) is 25.3 Å². The standard InChI is InChI=1S/C13H10FN3O2/c1-19-11-5-3-9-13(16-11)17-12(15-9)8-6-7(14)2-4-10(8)18/h2-6,18H,1H3,(H,15,16,17). The molecule has 0 saturated heterocycles. The van der Waals surface area contributed by atoms with Gasteiger partial charge in [0.15, 0.2) is 5.65 Å². The summed E-state index contributed by atoms with van der Waals surface area (Å²) in [6.07, 6.45) is 0. The largest absolute Gasteiger partial charge is 0.507 e. The summed E-state index contributed by atoms with van der Waals surface area (Å²) in [6.45, 7) is 0. The monoisotopic (exact) mass is 259 g/mol. The molecule has 2 aromatic heterocycles. The number of aromatic amines is 1. The van der Waals surface area contributed by atoms with Crippen molar-refractivity contribution >= 4 is 11.2 Å². The van der Waals surface area contributed by atoms with E-state index in [1.54, 1.807) is 12.1 Å². The van der Waals surface area contributed by atoms with Gasteiger partial charge in [-0.15, -0.1) is 0 Å². The topological polar surface area (TPSA) is 71.0 Å². The van der Waals surface area contributed by atoms with Crippen molar-refractivity contribution in [2.24, 2.45) is 0 Å². The molecule has 3 aromatic rings. The van der Waals surface area contributed by atoms with Crippen molar-refractivity contribution in [2.45, 2.75) is 0 Å². The van der Waals surface area contributed by atoms with Crippen LogP contribution >= 0.6 is 0 Å². The number of phenolic OH excluding ortho intramolecular Hbond substituents is 1. The number of nitrogens with one attached hydrogen (secondary N) is 1. The highest BCUT2D eigenvalue weighted by Gasteiger charge is 2.11. The van der Waals surface area contributed by atoms with Gasteiger partial charge in [0, 0.05) is 6.07 Å². The quantitative estimate of drug-likeness (QED) is 0.741. The number of aromatic hydroxyl groups is 1. The van der Waals surface area contributed by atoms with Crippen LogP contribution in [0.1, 0.15) is 0 Å². The van der Waals surface area contributed by atoms with Crippen LogP contribution < -0.4 is 4.74 Å². The van der Waals surface area contributed by atoms with Gasteiger partial charge in [-0.3, -0.25) is 0 Å². The van der Waals surface area contributed by atoms with Gasteiger partial charge in [0.2, 0.25) is 5.88 Å². The molecule has 5 nitrogen and oxygen atoms in total. The molecule has 0 aliphatic carbocycles. The van der Waals surface area contributed by atoms with E-state index in [1.807, 2.05) is 0 Å². The Morgan fingerprint density at radius 3 is 2.84 bits per heavy atom. The number of hydrogen-bond donors (Lipinski definition) is 2. The minimum atomic E-state index is -0.446. The first kappa shape index (κ1) is 11.5. The molecule has 0 aliphatic heterocycles. The molecule has 0 spiro atoms. The average Bonchev–Trinajstić information content (AvgIpc) is 2.83. The summed E-state index contributed by atoms with van der Waals surface area (Å²) in [5.74, 6) is 0.299. The first-order valence-electron chi connectivity index (χ1n) is 5.57. The Labute approximate surface area is 107 Å². The Morgan fingerprint density at radius 1 is 1.21 bits per heavy atom. The highest BCUT2D eigenvalue weighted by atomic mass is 19.1. The number of phenols is 1. The van der Waals surface area contributed by atoms with Crippen LogP contribution in [0.15, 0.2) is 30.3 Å². The Bertz CT molecular complexity index is 755. The molecular weight excluding hydrogens is 249 g/mol. The number of pyridine rings is 1. The number of aromatic nitrogens is 3. The van der Waals surface area contributed by atoms with Gasteiger partial charge in [0.1, 0.15) is 17.4 Å². The van der Waals surface area contributed by atoms with Crippen molar-refractivity contribution in [3.63, 3.8) is 0 Å². The van der Waals surface area contributed by atoms with Crippen LogP contribution in [0, 0.1) is 5.82 Å². The summed E-state index contributed by atoms with van der Waals surface area (Å²) in [6, 6.07) is 7.13. The van der Waals surface area contributed by atoms with Crippen molar-refractivity contribution < 1.29 is 14.2 Å². The van der Waals surface area contributed by atoms with Crippen LogP contribution in [0.4, 0.5) is 4.39 Å². The highest BCUT2D eigenvalue weighted by molar-refractivity contribution is 5.78. The van der Waals surface area contributed by atoms with Gasteiger partial charge in [-0.25, -0.2) is 9.37 Å². The van der Waals surface area contributed by atoms with Crippen LogP contribution in [0.3, 0.4) is 0 Å². The minimum absolute atomic E-state index is 0.0487. The van der Waals surface area contributed by atoms with Gasteiger partial charge in [-0.05, 0) is 24.3 Å². The zero-order valence-corrected chi connectivity index (χ0v) is 10.0. The highest BCUT2D eigenvalue weighted by Crippen LogP contribution is 2.29. The number of fused-ring (bicyclic) bond motifs is 1. The maximum Gasteiger partial charge on any atom is 0.215 e. The van der Waals surface area contributed by atoms with E-state index >= 15 is 0 Å². The maximum absolute atomic E-state index is 13.2. The molecule has 1 aromatic carbocycles. The number of imidazole rings is 1. The van der Waals surface area contributed by atoms with Crippen molar-refractivity contribution in [2.75, 3.05) is 7.11 Å². The van der Waals surface area contributed by atoms with Crippen LogP contribution in [0.2, 0.25) is 0 Å². The maximum atomic E-state index is 13.2. The second-order valence-corrected chi connectivity index (χ2v) is 3.97. The predicted molar refractivity (Wildman–Crippen MR) is 67.5 cm³/mol. The number of rotatable bonds is 2. The second kappa shape index (κ2) is 4.24. The van der Waals surface area contributed by atoms with Gasteiger partial charge >= 0.3 is 0 Å². The van der Waals surface area contributed by atoms with Gasteiger partial charge < -0.3 is 14.8 Å².